The summed E-state index contributed by atoms with van der Waals surface area (Å²) in [5, 5.41) is 2.99. The van der Waals surface area contributed by atoms with E-state index in [4.69, 9.17) is 0 Å². The highest BCUT2D eigenvalue weighted by Gasteiger charge is 2.41. The fourth-order valence-electron chi connectivity index (χ4n) is 5.12. The average molecular weight is 447 g/mol. The second-order valence-corrected chi connectivity index (χ2v) is 10.5. The molecule has 2 bridgehead atoms. The number of benzene rings is 3. The smallest absolute Gasteiger partial charge is 0.255 e. The van der Waals surface area contributed by atoms with Gasteiger partial charge in [-0.15, -0.1) is 0 Å². The molecule has 5 nitrogen and oxygen atoms in total. The molecule has 3 unspecified atom stereocenters. The van der Waals surface area contributed by atoms with E-state index in [2.05, 4.69) is 22.2 Å². The van der Waals surface area contributed by atoms with Gasteiger partial charge in [0.05, 0.1) is 4.90 Å². The zero-order valence-electron chi connectivity index (χ0n) is 17.7. The maximum Gasteiger partial charge on any atom is 0.255 e. The minimum absolute atomic E-state index is 0.0741. The second-order valence-electron chi connectivity index (χ2n) is 8.77. The van der Waals surface area contributed by atoms with Crippen LogP contribution >= 0.6 is 0 Å². The molecule has 2 aliphatic rings. The Morgan fingerprint density at radius 1 is 0.781 bits per heavy atom. The van der Waals surface area contributed by atoms with Crippen LogP contribution < -0.4 is 10.0 Å². The van der Waals surface area contributed by atoms with Gasteiger partial charge < -0.3 is 5.32 Å². The maximum absolute atomic E-state index is 13.0. The van der Waals surface area contributed by atoms with Gasteiger partial charge in [0.1, 0.15) is 0 Å². The quantitative estimate of drug-likeness (QED) is 0.610. The van der Waals surface area contributed by atoms with E-state index >= 15 is 0 Å². The van der Waals surface area contributed by atoms with Crippen LogP contribution in [0.3, 0.4) is 0 Å². The van der Waals surface area contributed by atoms with E-state index in [1.54, 1.807) is 36.4 Å². The van der Waals surface area contributed by atoms with Crippen molar-refractivity contribution in [1.29, 1.82) is 0 Å². The molecule has 164 valence electrons. The third kappa shape index (κ3) is 4.20. The number of sulfonamides is 1. The largest absolute Gasteiger partial charge is 0.322 e. The summed E-state index contributed by atoms with van der Waals surface area (Å²) in [5.74, 6) is 0.401. The summed E-state index contributed by atoms with van der Waals surface area (Å²) >= 11 is 0. The lowest BCUT2D eigenvalue weighted by molar-refractivity contribution is 0.102. The van der Waals surface area contributed by atoms with E-state index in [0.717, 1.165) is 31.4 Å². The van der Waals surface area contributed by atoms with E-state index in [1.165, 1.54) is 11.1 Å². The van der Waals surface area contributed by atoms with Crippen LogP contribution in [-0.2, 0) is 22.9 Å². The van der Waals surface area contributed by atoms with Crippen LogP contribution in [0.15, 0.2) is 83.8 Å². The van der Waals surface area contributed by atoms with Crippen molar-refractivity contribution in [2.75, 3.05) is 5.32 Å². The van der Waals surface area contributed by atoms with Gasteiger partial charge in [-0.05, 0) is 85.0 Å². The molecule has 0 aromatic heterocycles. The molecule has 3 aromatic rings. The first-order valence-electron chi connectivity index (χ1n) is 11.1. The van der Waals surface area contributed by atoms with E-state index < -0.39 is 10.0 Å². The van der Waals surface area contributed by atoms with Crippen molar-refractivity contribution in [2.45, 2.75) is 36.6 Å². The Bertz CT molecular complexity index is 1230. The van der Waals surface area contributed by atoms with Crippen LogP contribution in [0.5, 0.6) is 0 Å². The molecule has 1 amide bonds. The van der Waals surface area contributed by atoms with E-state index in [9.17, 15) is 13.2 Å². The van der Waals surface area contributed by atoms with Gasteiger partial charge >= 0.3 is 0 Å². The molecule has 0 aliphatic heterocycles. The van der Waals surface area contributed by atoms with Crippen molar-refractivity contribution in [3.63, 3.8) is 0 Å². The molecule has 0 heterocycles. The Morgan fingerprint density at radius 3 is 2.09 bits per heavy atom. The van der Waals surface area contributed by atoms with Gasteiger partial charge in [0.2, 0.25) is 10.0 Å². The molecular formula is C26H26N2O3S. The third-order valence-electron chi connectivity index (χ3n) is 6.73. The maximum atomic E-state index is 13.0. The lowest BCUT2D eigenvalue weighted by atomic mass is 9.93. The van der Waals surface area contributed by atoms with Crippen molar-refractivity contribution >= 4 is 21.6 Å². The molecule has 32 heavy (non-hydrogen) atoms. The molecule has 1 saturated carbocycles. The average Bonchev–Trinajstić information content (AvgIpc) is 3.08. The first-order valence-corrected chi connectivity index (χ1v) is 12.5. The van der Waals surface area contributed by atoms with Crippen molar-refractivity contribution < 1.29 is 13.2 Å². The monoisotopic (exact) mass is 446 g/mol. The summed E-state index contributed by atoms with van der Waals surface area (Å²) in [6, 6.07) is 23.8. The number of amides is 1. The number of hydrogen-bond donors (Lipinski definition) is 2. The van der Waals surface area contributed by atoms with Gasteiger partial charge in [0.15, 0.2) is 0 Å². The normalized spacial score (nSPS) is 22.1. The Hall–Kier alpha value is -2.96. The fourth-order valence-corrected chi connectivity index (χ4v) is 6.51. The van der Waals surface area contributed by atoms with Crippen LogP contribution in [0.25, 0.3) is 0 Å². The Kier molecular flexibility index (Phi) is 5.57. The summed E-state index contributed by atoms with van der Waals surface area (Å²) in [6.45, 7) is 0. The number of carbonyl (C=O) groups is 1. The molecule has 5 rings (SSSR count). The Morgan fingerprint density at radius 2 is 1.41 bits per heavy atom. The molecule has 0 radical (unpaired) electrons. The highest BCUT2D eigenvalue weighted by molar-refractivity contribution is 7.89. The highest BCUT2D eigenvalue weighted by atomic mass is 32.2. The molecule has 6 heteroatoms. The SMILES string of the molecule is O=C(Nc1ccc2c(c1)CC1CCC(C2)C1NS(=O)(=O)c1ccccc1)c1ccccc1. The molecule has 0 spiro atoms. The predicted molar refractivity (Wildman–Crippen MR) is 125 cm³/mol. The van der Waals surface area contributed by atoms with Crippen LogP contribution in [0.1, 0.15) is 34.3 Å². The fraction of sp³-hybridized carbons (Fsp3) is 0.269. The minimum Gasteiger partial charge on any atom is -0.322 e. The number of hydrogen-bond acceptors (Lipinski definition) is 3. The number of nitrogens with one attached hydrogen (secondary N) is 2. The number of carbonyl (C=O) groups excluding carboxylic acids is 1. The Balaban J connectivity index is 1.35. The number of anilines is 1. The first kappa shape index (κ1) is 20.9. The standard InChI is InChI=1S/C26H26N2O3S/c29-26(18-7-3-1-4-8-18)27-23-14-13-19-15-20-11-12-21(16-22(19)17-23)25(20)28-32(30,31)24-9-5-2-6-10-24/h1-10,13-14,17,20-21,25,28H,11-12,15-16H2,(H,27,29). The third-order valence-corrected chi connectivity index (χ3v) is 8.21. The molecular weight excluding hydrogens is 420 g/mol. The van der Waals surface area contributed by atoms with E-state index in [-0.39, 0.29) is 23.8 Å². The van der Waals surface area contributed by atoms with Gasteiger partial charge in [-0.25, -0.2) is 13.1 Å². The van der Waals surface area contributed by atoms with E-state index in [1.807, 2.05) is 30.3 Å². The summed E-state index contributed by atoms with van der Waals surface area (Å²) < 4.78 is 28.9. The molecule has 0 saturated heterocycles. The molecule has 3 atom stereocenters. The van der Waals surface area contributed by atoms with Gasteiger partial charge in [0, 0.05) is 17.3 Å². The summed E-state index contributed by atoms with van der Waals surface area (Å²) in [7, 11) is -3.55. The molecule has 1 fully saturated rings. The molecule has 3 aromatic carbocycles. The van der Waals surface area contributed by atoms with Gasteiger partial charge in [-0.1, -0.05) is 42.5 Å². The highest BCUT2D eigenvalue weighted by Crippen LogP contribution is 2.41. The van der Waals surface area contributed by atoms with Gasteiger partial charge in [-0.3, -0.25) is 4.79 Å². The van der Waals surface area contributed by atoms with Gasteiger partial charge in [-0.2, -0.15) is 0 Å². The van der Waals surface area contributed by atoms with Crippen LogP contribution in [0.2, 0.25) is 0 Å². The Labute approximate surface area is 188 Å². The lowest BCUT2D eigenvalue weighted by Crippen LogP contribution is -2.41. The van der Waals surface area contributed by atoms with E-state index in [0.29, 0.717) is 10.5 Å². The summed E-state index contributed by atoms with van der Waals surface area (Å²) in [6.07, 6.45) is 3.69. The van der Waals surface area contributed by atoms with Gasteiger partial charge in [0.25, 0.3) is 5.91 Å². The summed E-state index contributed by atoms with van der Waals surface area (Å²) in [5.41, 5.74) is 3.85. The zero-order valence-corrected chi connectivity index (χ0v) is 18.5. The zero-order chi connectivity index (χ0) is 22.1. The van der Waals surface area contributed by atoms with Crippen molar-refractivity contribution in [3.8, 4) is 0 Å². The predicted octanol–water partition coefficient (Wildman–Crippen LogP) is 4.41. The minimum atomic E-state index is -3.55. The van der Waals surface area contributed by atoms with Crippen LogP contribution in [0.4, 0.5) is 5.69 Å². The van der Waals surface area contributed by atoms with Crippen molar-refractivity contribution in [3.05, 3.63) is 95.6 Å². The van der Waals surface area contributed by atoms with Crippen molar-refractivity contribution in [2.24, 2.45) is 11.8 Å². The summed E-state index contributed by atoms with van der Waals surface area (Å²) in [4.78, 5) is 12.8. The second kappa shape index (κ2) is 8.52. The van der Waals surface area contributed by atoms with Crippen molar-refractivity contribution in [1.82, 2.24) is 4.72 Å². The lowest BCUT2D eigenvalue weighted by Gasteiger charge is -2.23. The first-order chi connectivity index (χ1) is 15.5. The number of fused-ring (bicyclic) bond motifs is 3. The number of rotatable bonds is 5. The van der Waals surface area contributed by atoms with Crippen LogP contribution in [0, 0.1) is 11.8 Å². The molecule has 2 aliphatic carbocycles. The van der Waals surface area contributed by atoms with Crippen LogP contribution in [-0.4, -0.2) is 20.4 Å². The molecule has 2 N–H and O–H groups in total. The topological polar surface area (TPSA) is 75.3 Å².